The van der Waals surface area contributed by atoms with Gasteiger partial charge in [-0.1, -0.05) is 26.0 Å². The van der Waals surface area contributed by atoms with Crippen molar-refractivity contribution < 1.29 is 14.6 Å². The van der Waals surface area contributed by atoms with Gasteiger partial charge in [0.1, 0.15) is 0 Å². The zero-order chi connectivity index (χ0) is 12.5. The van der Waals surface area contributed by atoms with E-state index >= 15 is 0 Å². The number of hydrogen-bond acceptors (Lipinski definition) is 2. The van der Waals surface area contributed by atoms with Crippen molar-refractivity contribution in [2.45, 2.75) is 38.2 Å². The lowest BCUT2D eigenvalue weighted by Crippen LogP contribution is -2.18. The van der Waals surface area contributed by atoms with Gasteiger partial charge in [0.25, 0.3) is 0 Å². The molecule has 1 heterocycles. The van der Waals surface area contributed by atoms with E-state index in [9.17, 15) is 4.79 Å². The van der Waals surface area contributed by atoms with E-state index in [0.717, 1.165) is 19.4 Å². The van der Waals surface area contributed by atoms with Crippen molar-refractivity contribution in [3.63, 3.8) is 0 Å². The van der Waals surface area contributed by atoms with E-state index < -0.39 is 5.97 Å². The van der Waals surface area contributed by atoms with Gasteiger partial charge in [0.2, 0.25) is 0 Å². The van der Waals surface area contributed by atoms with Crippen LogP contribution in [0.4, 0.5) is 0 Å². The normalized spacial score (nSPS) is 19.1. The summed E-state index contributed by atoms with van der Waals surface area (Å²) in [6.45, 7) is 5.27. The molecule has 0 aliphatic carbocycles. The molecule has 3 heteroatoms. The number of hydrogen-bond donors (Lipinski definition) is 1. The summed E-state index contributed by atoms with van der Waals surface area (Å²) in [5.41, 5.74) is 1.60. The monoisotopic (exact) mass is 234 g/mol. The van der Waals surface area contributed by atoms with Gasteiger partial charge in [0.05, 0.1) is 18.3 Å². The summed E-state index contributed by atoms with van der Waals surface area (Å²) in [5, 5.41) is 8.85. The van der Waals surface area contributed by atoms with Gasteiger partial charge >= 0.3 is 5.97 Å². The molecule has 1 N–H and O–H groups in total. The van der Waals surface area contributed by atoms with Gasteiger partial charge in [-0.15, -0.1) is 0 Å². The van der Waals surface area contributed by atoms with Crippen molar-refractivity contribution in [1.82, 2.24) is 0 Å². The fourth-order valence-corrected chi connectivity index (χ4v) is 1.96. The third-order valence-electron chi connectivity index (χ3n) is 3.41. The lowest BCUT2D eigenvalue weighted by molar-refractivity contribution is 0.0697. The van der Waals surface area contributed by atoms with Crippen molar-refractivity contribution in [3.05, 3.63) is 35.4 Å². The Labute approximate surface area is 101 Å². The number of carboxylic acid groups (broad SMARTS) is 1. The largest absolute Gasteiger partial charge is 0.478 e. The zero-order valence-electron chi connectivity index (χ0n) is 10.3. The lowest BCUT2D eigenvalue weighted by atomic mass is 9.80. The molecule has 1 saturated heterocycles. The van der Waals surface area contributed by atoms with Crippen LogP contribution in [0.25, 0.3) is 0 Å². The van der Waals surface area contributed by atoms with Gasteiger partial charge in [-0.2, -0.15) is 0 Å². The van der Waals surface area contributed by atoms with Crippen molar-refractivity contribution in [1.29, 1.82) is 0 Å². The van der Waals surface area contributed by atoms with Crippen LogP contribution in [0.3, 0.4) is 0 Å². The number of ether oxygens (including phenoxy) is 1. The summed E-state index contributed by atoms with van der Waals surface area (Å²) in [5.74, 6) is -0.874. The molecule has 2 rings (SSSR count). The molecule has 17 heavy (non-hydrogen) atoms. The fourth-order valence-electron chi connectivity index (χ4n) is 1.96. The van der Waals surface area contributed by atoms with E-state index in [4.69, 9.17) is 9.84 Å². The highest BCUT2D eigenvalue weighted by Gasteiger charge is 2.27. The summed E-state index contributed by atoms with van der Waals surface area (Å²) < 4.78 is 5.21. The minimum absolute atomic E-state index is 0.0724. The molecule has 0 spiro atoms. The maximum absolute atomic E-state index is 10.8. The van der Waals surface area contributed by atoms with Crippen LogP contribution in [0.15, 0.2) is 24.3 Å². The van der Waals surface area contributed by atoms with Crippen LogP contribution in [0.5, 0.6) is 0 Å². The average molecular weight is 234 g/mol. The zero-order valence-corrected chi connectivity index (χ0v) is 10.3. The third kappa shape index (κ3) is 3.07. The molecule has 0 saturated carbocycles. The number of rotatable bonds is 5. The minimum Gasteiger partial charge on any atom is -0.478 e. The molecule has 3 nitrogen and oxygen atoms in total. The van der Waals surface area contributed by atoms with Crippen LogP contribution in [-0.2, 0) is 10.2 Å². The molecule has 92 valence electrons. The first-order chi connectivity index (χ1) is 7.99. The average Bonchev–Trinajstić information content (AvgIpc) is 3.10. The number of carboxylic acids is 1. The SMILES string of the molecule is CC(C)(CCC1CO1)c1ccc(C(=O)O)cc1. The maximum atomic E-state index is 10.8. The topological polar surface area (TPSA) is 49.8 Å². The first-order valence-electron chi connectivity index (χ1n) is 5.94. The summed E-state index contributed by atoms with van der Waals surface area (Å²) in [6, 6.07) is 7.18. The van der Waals surface area contributed by atoms with E-state index in [-0.39, 0.29) is 5.41 Å². The lowest BCUT2D eigenvalue weighted by Gasteiger charge is -2.25. The molecule has 1 aromatic rings. The molecular weight excluding hydrogens is 216 g/mol. The highest BCUT2D eigenvalue weighted by atomic mass is 16.6. The Morgan fingerprint density at radius 1 is 1.41 bits per heavy atom. The molecule has 0 radical (unpaired) electrons. The predicted octanol–water partition coefficient (Wildman–Crippen LogP) is 2.84. The third-order valence-corrected chi connectivity index (χ3v) is 3.41. The summed E-state index contributed by atoms with van der Waals surface area (Å²) in [6.07, 6.45) is 2.59. The van der Waals surface area contributed by atoms with Crippen LogP contribution in [0, 0.1) is 0 Å². The number of benzene rings is 1. The van der Waals surface area contributed by atoms with Crippen LogP contribution in [0.1, 0.15) is 42.6 Å². The standard InChI is InChI=1S/C14H18O3/c1-14(2,8-7-12-9-17-12)11-5-3-10(4-6-11)13(15)16/h3-6,12H,7-9H2,1-2H3,(H,15,16). The first-order valence-corrected chi connectivity index (χ1v) is 5.94. The molecule has 1 aromatic carbocycles. The Balaban J connectivity index is 2.05. The number of aromatic carboxylic acids is 1. The van der Waals surface area contributed by atoms with E-state index in [1.165, 1.54) is 5.56 Å². The van der Waals surface area contributed by atoms with E-state index in [1.807, 2.05) is 12.1 Å². The molecule has 0 bridgehead atoms. The second-order valence-electron chi connectivity index (χ2n) is 5.26. The summed E-state index contributed by atoms with van der Waals surface area (Å²) >= 11 is 0. The van der Waals surface area contributed by atoms with Crippen LogP contribution in [-0.4, -0.2) is 23.8 Å². The first kappa shape index (κ1) is 12.1. The molecule has 1 aliphatic rings. The highest BCUT2D eigenvalue weighted by molar-refractivity contribution is 5.87. The van der Waals surface area contributed by atoms with E-state index in [0.29, 0.717) is 11.7 Å². The molecule has 1 aliphatic heterocycles. The summed E-state index contributed by atoms with van der Waals surface area (Å²) in [7, 11) is 0. The Morgan fingerprint density at radius 3 is 2.47 bits per heavy atom. The van der Waals surface area contributed by atoms with Gasteiger partial charge in [-0.3, -0.25) is 0 Å². The Bertz CT molecular complexity index is 402. The molecular formula is C14H18O3. The van der Waals surface area contributed by atoms with Gasteiger partial charge in [0.15, 0.2) is 0 Å². The van der Waals surface area contributed by atoms with Crippen molar-refractivity contribution in [3.8, 4) is 0 Å². The minimum atomic E-state index is -0.874. The smallest absolute Gasteiger partial charge is 0.335 e. The van der Waals surface area contributed by atoms with E-state index in [1.54, 1.807) is 12.1 Å². The van der Waals surface area contributed by atoms with Gasteiger partial charge in [-0.05, 0) is 36.0 Å². The quantitative estimate of drug-likeness (QED) is 0.797. The Kier molecular flexibility index (Phi) is 3.20. The maximum Gasteiger partial charge on any atom is 0.335 e. The fraction of sp³-hybridized carbons (Fsp3) is 0.500. The second-order valence-corrected chi connectivity index (χ2v) is 5.26. The highest BCUT2D eigenvalue weighted by Crippen LogP contribution is 2.31. The van der Waals surface area contributed by atoms with Crippen molar-refractivity contribution in [2.24, 2.45) is 0 Å². The van der Waals surface area contributed by atoms with Crippen LogP contribution >= 0.6 is 0 Å². The van der Waals surface area contributed by atoms with Crippen molar-refractivity contribution in [2.75, 3.05) is 6.61 Å². The molecule has 0 amide bonds. The van der Waals surface area contributed by atoms with Gasteiger partial charge in [-0.25, -0.2) is 4.79 Å². The number of carbonyl (C=O) groups is 1. The van der Waals surface area contributed by atoms with Gasteiger partial charge in [0, 0.05) is 0 Å². The predicted molar refractivity (Wildman–Crippen MR) is 65.4 cm³/mol. The number of epoxide rings is 1. The second kappa shape index (κ2) is 4.49. The molecule has 1 atom stereocenters. The van der Waals surface area contributed by atoms with Crippen LogP contribution in [0.2, 0.25) is 0 Å². The van der Waals surface area contributed by atoms with Crippen LogP contribution < -0.4 is 0 Å². The molecule has 0 aromatic heterocycles. The molecule has 1 unspecified atom stereocenters. The summed E-state index contributed by atoms with van der Waals surface area (Å²) in [4.78, 5) is 10.8. The van der Waals surface area contributed by atoms with Gasteiger partial charge < -0.3 is 9.84 Å². The van der Waals surface area contributed by atoms with Crippen molar-refractivity contribution >= 4 is 5.97 Å². The Hall–Kier alpha value is -1.35. The Morgan fingerprint density at radius 2 is 2.00 bits per heavy atom. The molecule has 1 fully saturated rings. The van der Waals surface area contributed by atoms with E-state index in [2.05, 4.69) is 13.8 Å².